The van der Waals surface area contributed by atoms with Crippen molar-refractivity contribution in [2.45, 2.75) is 63.3 Å². The van der Waals surface area contributed by atoms with Crippen LogP contribution in [0.2, 0.25) is 5.02 Å². The van der Waals surface area contributed by atoms with Gasteiger partial charge < -0.3 is 14.8 Å². The predicted molar refractivity (Wildman–Crippen MR) is 101 cm³/mol. The number of rotatable bonds is 7. The van der Waals surface area contributed by atoms with Gasteiger partial charge in [-0.2, -0.15) is 0 Å². The lowest BCUT2D eigenvalue weighted by Crippen LogP contribution is -2.34. The molecule has 0 amide bonds. The second-order valence-corrected chi connectivity index (χ2v) is 7.70. The van der Waals surface area contributed by atoms with Crippen LogP contribution in [0.4, 0.5) is 5.82 Å². The van der Waals surface area contributed by atoms with Gasteiger partial charge in [-0.1, -0.05) is 43.7 Å². The molecule has 0 bridgehead atoms. The SMILES string of the molecule is COC(=O)c1nc(C2CC2)nc(NC(CC2CCCCC2)C(=O)OC)c1Cl. The van der Waals surface area contributed by atoms with Gasteiger partial charge in [0.05, 0.1) is 14.2 Å². The van der Waals surface area contributed by atoms with Crippen molar-refractivity contribution in [3.8, 4) is 0 Å². The lowest BCUT2D eigenvalue weighted by molar-refractivity contribution is -0.142. The van der Waals surface area contributed by atoms with E-state index in [2.05, 4.69) is 15.3 Å². The normalized spacial score (nSPS) is 18.6. The van der Waals surface area contributed by atoms with Crippen LogP contribution < -0.4 is 5.32 Å². The van der Waals surface area contributed by atoms with Crippen LogP contribution in [-0.4, -0.2) is 42.2 Å². The molecule has 1 unspecified atom stereocenters. The molecule has 148 valence electrons. The highest BCUT2D eigenvalue weighted by Gasteiger charge is 2.32. The Balaban J connectivity index is 1.86. The number of ether oxygens (including phenoxy) is 2. The van der Waals surface area contributed by atoms with Crippen molar-refractivity contribution >= 4 is 29.4 Å². The first kappa shape index (κ1) is 19.9. The first-order valence-corrected chi connectivity index (χ1v) is 9.91. The van der Waals surface area contributed by atoms with E-state index in [4.69, 9.17) is 21.1 Å². The summed E-state index contributed by atoms with van der Waals surface area (Å²) in [5.74, 6) is 0.556. The Morgan fingerprint density at radius 1 is 1.11 bits per heavy atom. The van der Waals surface area contributed by atoms with E-state index in [0.717, 1.165) is 25.7 Å². The van der Waals surface area contributed by atoms with E-state index >= 15 is 0 Å². The van der Waals surface area contributed by atoms with Crippen LogP contribution in [0.3, 0.4) is 0 Å². The molecule has 0 radical (unpaired) electrons. The molecule has 0 spiro atoms. The summed E-state index contributed by atoms with van der Waals surface area (Å²) in [4.78, 5) is 33.2. The first-order valence-electron chi connectivity index (χ1n) is 9.53. The summed E-state index contributed by atoms with van der Waals surface area (Å²) in [7, 11) is 2.65. The number of anilines is 1. The van der Waals surface area contributed by atoms with Gasteiger partial charge >= 0.3 is 11.9 Å². The lowest BCUT2D eigenvalue weighted by Gasteiger charge is -2.26. The number of halogens is 1. The van der Waals surface area contributed by atoms with E-state index in [1.807, 2.05) is 0 Å². The molecule has 2 fully saturated rings. The molecule has 2 aliphatic carbocycles. The van der Waals surface area contributed by atoms with E-state index in [1.54, 1.807) is 0 Å². The van der Waals surface area contributed by atoms with Gasteiger partial charge in [0.1, 0.15) is 22.7 Å². The van der Waals surface area contributed by atoms with Crippen molar-refractivity contribution in [2.75, 3.05) is 19.5 Å². The minimum atomic E-state index is -0.616. The summed E-state index contributed by atoms with van der Waals surface area (Å²) < 4.78 is 9.76. The largest absolute Gasteiger partial charge is 0.467 e. The molecule has 8 heteroatoms. The Hall–Kier alpha value is -1.89. The zero-order chi connectivity index (χ0) is 19.4. The Morgan fingerprint density at radius 2 is 1.81 bits per heavy atom. The number of nitrogens with one attached hydrogen (secondary N) is 1. The zero-order valence-electron chi connectivity index (χ0n) is 15.8. The Labute approximate surface area is 164 Å². The predicted octanol–water partition coefficient (Wildman–Crippen LogP) is 3.72. The van der Waals surface area contributed by atoms with Gasteiger partial charge in [-0.3, -0.25) is 0 Å². The molecule has 1 heterocycles. The number of methoxy groups -OCH3 is 2. The highest BCUT2D eigenvalue weighted by molar-refractivity contribution is 6.35. The molecule has 0 saturated heterocycles. The Bertz CT molecular complexity index is 702. The van der Waals surface area contributed by atoms with E-state index in [0.29, 0.717) is 24.0 Å². The maximum Gasteiger partial charge on any atom is 0.358 e. The van der Waals surface area contributed by atoms with Gasteiger partial charge in [-0.15, -0.1) is 0 Å². The minimum Gasteiger partial charge on any atom is -0.467 e. The maximum atomic E-state index is 12.3. The molecule has 0 aromatic carbocycles. The fourth-order valence-corrected chi connectivity index (χ4v) is 3.81. The van der Waals surface area contributed by atoms with Crippen LogP contribution in [-0.2, 0) is 14.3 Å². The van der Waals surface area contributed by atoms with Crippen LogP contribution in [0.15, 0.2) is 0 Å². The molecular formula is C19H26ClN3O4. The number of hydrogen-bond donors (Lipinski definition) is 1. The van der Waals surface area contributed by atoms with Gasteiger partial charge in [0, 0.05) is 5.92 Å². The van der Waals surface area contributed by atoms with Gasteiger partial charge in [0.15, 0.2) is 5.69 Å². The molecule has 1 N–H and O–H groups in total. The number of carbonyl (C=O) groups excluding carboxylic acids is 2. The molecular weight excluding hydrogens is 370 g/mol. The van der Waals surface area contributed by atoms with Crippen molar-refractivity contribution in [3.63, 3.8) is 0 Å². The second kappa shape index (κ2) is 8.87. The van der Waals surface area contributed by atoms with Crippen LogP contribution in [0.1, 0.15) is 73.6 Å². The molecule has 1 atom stereocenters. The summed E-state index contributed by atoms with van der Waals surface area (Å²) in [5.41, 5.74) is 0.0276. The topological polar surface area (TPSA) is 90.4 Å². The van der Waals surface area contributed by atoms with Crippen molar-refractivity contribution in [2.24, 2.45) is 5.92 Å². The van der Waals surface area contributed by atoms with Crippen molar-refractivity contribution in [3.05, 3.63) is 16.5 Å². The molecule has 0 aliphatic heterocycles. The average molecular weight is 396 g/mol. The third kappa shape index (κ3) is 4.89. The number of hydrogen-bond acceptors (Lipinski definition) is 7. The summed E-state index contributed by atoms with van der Waals surface area (Å²) in [6.45, 7) is 0. The van der Waals surface area contributed by atoms with Crippen LogP contribution in [0.25, 0.3) is 0 Å². The van der Waals surface area contributed by atoms with Gasteiger partial charge in [-0.25, -0.2) is 19.6 Å². The number of esters is 2. The molecule has 27 heavy (non-hydrogen) atoms. The fraction of sp³-hybridized carbons (Fsp3) is 0.684. The molecule has 2 aliphatic rings. The average Bonchev–Trinajstić information content (AvgIpc) is 3.53. The maximum absolute atomic E-state index is 12.3. The summed E-state index contributed by atoms with van der Waals surface area (Å²) in [5, 5.41) is 3.20. The van der Waals surface area contributed by atoms with Crippen LogP contribution >= 0.6 is 11.6 Å². The molecule has 2 saturated carbocycles. The van der Waals surface area contributed by atoms with E-state index < -0.39 is 12.0 Å². The quantitative estimate of drug-likeness (QED) is 0.703. The molecule has 3 rings (SSSR count). The number of nitrogens with zero attached hydrogens (tertiary/aromatic N) is 2. The molecule has 1 aromatic heterocycles. The Morgan fingerprint density at radius 3 is 2.41 bits per heavy atom. The van der Waals surface area contributed by atoms with Crippen LogP contribution in [0, 0.1) is 5.92 Å². The summed E-state index contributed by atoms with van der Waals surface area (Å²) in [6.07, 6.45) is 8.43. The van der Waals surface area contributed by atoms with E-state index in [9.17, 15) is 9.59 Å². The standard InChI is InChI=1S/C19H26ClN3O4/c1-26-18(24)13(10-11-6-4-3-5-7-11)21-17-14(20)15(19(25)27-2)22-16(23-17)12-8-9-12/h11-13H,3-10H2,1-2H3,(H,21,22,23). The summed E-state index contributed by atoms with van der Waals surface area (Å²) >= 11 is 6.37. The zero-order valence-corrected chi connectivity index (χ0v) is 16.6. The van der Waals surface area contributed by atoms with Gasteiger partial charge in [-0.05, 0) is 25.2 Å². The Kier molecular flexibility index (Phi) is 6.52. The minimum absolute atomic E-state index is 0.0276. The van der Waals surface area contributed by atoms with Crippen LogP contribution in [0.5, 0.6) is 0 Å². The highest BCUT2D eigenvalue weighted by atomic mass is 35.5. The highest BCUT2D eigenvalue weighted by Crippen LogP contribution is 2.40. The second-order valence-electron chi connectivity index (χ2n) is 7.32. The van der Waals surface area contributed by atoms with Gasteiger partial charge in [0.2, 0.25) is 0 Å². The van der Waals surface area contributed by atoms with Crippen molar-refractivity contribution < 1.29 is 19.1 Å². The smallest absolute Gasteiger partial charge is 0.358 e. The monoisotopic (exact) mass is 395 g/mol. The number of carbonyl (C=O) groups is 2. The number of aromatic nitrogens is 2. The third-order valence-corrected chi connectivity index (χ3v) is 5.64. The van der Waals surface area contributed by atoms with Gasteiger partial charge in [0.25, 0.3) is 0 Å². The third-order valence-electron chi connectivity index (χ3n) is 5.28. The molecule has 7 nitrogen and oxygen atoms in total. The van der Waals surface area contributed by atoms with E-state index in [1.165, 1.54) is 33.5 Å². The fourth-order valence-electron chi connectivity index (χ4n) is 3.59. The lowest BCUT2D eigenvalue weighted by atomic mass is 9.85. The summed E-state index contributed by atoms with van der Waals surface area (Å²) in [6, 6.07) is -0.567. The molecule has 1 aromatic rings. The first-order chi connectivity index (χ1) is 13.0. The van der Waals surface area contributed by atoms with Crippen molar-refractivity contribution in [1.82, 2.24) is 9.97 Å². The van der Waals surface area contributed by atoms with Crippen molar-refractivity contribution in [1.29, 1.82) is 0 Å². The van der Waals surface area contributed by atoms with E-state index in [-0.39, 0.29) is 22.6 Å².